The summed E-state index contributed by atoms with van der Waals surface area (Å²) in [5.41, 5.74) is -0.669. The number of hydrogen-bond acceptors (Lipinski definition) is 5. The lowest BCUT2D eigenvalue weighted by atomic mass is 10.0. The van der Waals surface area contributed by atoms with E-state index < -0.39 is 22.2 Å². The third-order valence-corrected chi connectivity index (χ3v) is 2.40. The number of benzene rings is 1. The summed E-state index contributed by atoms with van der Waals surface area (Å²) < 4.78 is 17.7. The van der Waals surface area contributed by atoms with Gasteiger partial charge in [-0.15, -0.1) is 0 Å². The van der Waals surface area contributed by atoms with Gasteiger partial charge in [0.15, 0.2) is 0 Å². The first-order valence-corrected chi connectivity index (χ1v) is 4.90. The first kappa shape index (κ1) is 11.9. The summed E-state index contributed by atoms with van der Waals surface area (Å²) in [5, 5.41) is 14.2. The Labute approximate surface area is 100 Å². The van der Waals surface area contributed by atoms with E-state index in [4.69, 9.17) is 4.52 Å². The fraction of sp³-hybridized carbons (Fsp3) is 0.0909. The van der Waals surface area contributed by atoms with E-state index in [-0.39, 0.29) is 16.9 Å². The molecule has 1 aromatic heterocycles. The van der Waals surface area contributed by atoms with E-state index in [9.17, 15) is 19.3 Å². The predicted octanol–water partition coefficient (Wildman–Crippen LogP) is 2.26. The van der Waals surface area contributed by atoms with E-state index >= 15 is 0 Å². The second-order valence-corrected chi connectivity index (χ2v) is 3.54. The summed E-state index contributed by atoms with van der Waals surface area (Å²) >= 11 is 0. The SMILES string of the molecule is Cc1oncc1C(=O)c1ccc(F)cc1[N+](=O)[O-]. The molecule has 0 aliphatic heterocycles. The van der Waals surface area contributed by atoms with Gasteiger partial charge in [0, 0.05) is 0 Å². The fourth-order valence-corrected chi connectivity index (χ4v) is 1.51. The first-order chi connectivity index (χ1) is 8.50. The van der Waals surface area contributed by atoms with Crippen molar-refractivity contribution in [2.45, 2.75) is 6.92 Å². The minimum atomic E-state index is -0.806. The lowest BCUT2D eigenvalue weighted by Crippen LogP contribution is -2.06. The van der Waals surface area contributed by atoms with Crippen LogP contribution in [0, 0.1) is 22.9 Å². The van der Waals surface area contributed by atoms with E-state index in [0.29, 0.717) is 6.07 Å². The number of nitrogens with zero attached hydrogens (tertiary/aromatic N) is 2. The highest BCUT2D eigenvalue weighted by Gasteiger charge is 2.24. The quantitative estimate of drug-likeness (QED) is 0.473. The molecule has 7 heteroatoms. The molecule has 92 valence electrons. The highest BCUT2D eigenvalue weighted by molar-refractivity contribution is 6.11. The molecular weight excluding hydrogens is 243 g/mol. The van der Waals surface area contributed by atoms with Crippen LogP contribution in [-0.2, 0) is 0 Å². The highest BCUT2D eigenvalue weighted by Crippen LogP contribution is 2.23. The Bertz CT molecular complexity index is 636. The summed E-state index contributed by atoms with van der Waals surface area (Å²) in [5.74, 6) is -1.15. The molecule has 0 unspecified atom stereocenters. The zero-order chi connectivity index (χ0) is 13.3. The zero-order valence-corrected chi connectivity index (χ0v) is 9.21. The molecule has 0 aliphatic carbocycles. The molecule has 0 aliphatic rings. The van der Waals surface area contributed by atoms with Crippen molar-refractivity contribution in [1.82, 2.24) is 5.16 Å². The number of halogens is 1. The topological polar surface area (TPSA) is 86.2 Å². The molecule has 0 amide bonds. The van der Waals surface area contributed by atoms with Crippen molar-refractivity contribution < 1.29 is 18.6 Å². The highest BCUT2D eigenvalue weighted by atomic mass is 19.1. The molecular formula is C11H7FN2O4. The van der Waals surface area contributed by atoms with Gasteiger partial charge in [0.2, 0.25) is 5.78 Å². The van der Waals surface area contributed by atoms with Gasteiger partial charge in [-0.1, -0.05) is 5.16 Å². The van der Waals surface area contributed by atoms with Gasteiger partial charge < -0.3 is 4.52 Å². The van der Waals surface area contributed by atoms with Crippen LogP contribution >= 0.6 is 0 Å². The summed E-state index contributed by atoms with van der Waals surface area (Å²) in [6, 6.07) is 2.77. The Kier molecular flexibility index (Phi) is 2.88. The summed E-state index contributed by atoms with van der Waals surface area (Å²) in [6.07, 6.45) is 1.17. The number of aryl methyl sites for hydroxylation is 1. The van der Waals surface area contributed by atoms with Crippen LogP contribution in [0.3, 0.4) is 0 Å². The third kappa shape index (κ3) is 1.97. The van der Waals surface area contributed by atoms with Crippen molar-refractivity contribution in [2.75, 3.05) is 0 Å². The number of carbonyl (C=O) groups is 1. The van der Waals surface area contributed by atoms with Gasteiger partial charge in [0.05, 0.1) is 22.7 Å². The maximum atomic E-state index is 12.9. The van der Waals surface area contributed by atoms with E-state index in [0.717, 1.165) is 12.1 Å². The largest absolute Gasteiger partial charge is 0.361 e. The predicted molar refractivity (Wildman–Crippen MR) is 57.7 cm³/mol. The van der Waals surface area contributed by atoms with E-state index in [1.807, 2.05) is 0 Å². The third-order valence-electron chi connectivity index (χ3n) is 2.40. The van der Waals surface area contributed by atoms with Gasteiger partial charge in [0.1, 0.15) is 17.1 Å². The standard InChI is InChI=1S/C11H7FN2O4/c1-6-9(5-13-18-6)11(15)8-3-2-7(12)4-10(8)14(16)17/h2-5H,1H3. The normalized spacial score (nSPS) is 10.3. The Hall–Kier alpha value is -2.57. The number of hydrogen-bond donors (Lipinski definition) is 0. The Morgan fingerprint density at radius 1 is 1.44 bits per heavy atom. The van der Waals surface area contributed by atoms with E-state index in [1.54, 1.807) is 0 Å². The van der Waals surface area contributed by atoms with Crippen LogP contribution < -0.4 is 0 Å². The molecule has 0 saturated carbocycles. The average Bonchev–Trinajstić information content (AvgIpc) is 2.74. The van der Waals surface area contributed by atoms with Crippen molar-refractivity contribution >= 4 is 11.5 Å². The second kappa shape index (κ2) is 4.36. The molecule has 1 heterocycles. The fourth-order valence-electron chi connectivity index (χ4n) is 1.51. The van der Waals surface area contributed by atoms with Crippen molar-refractivity contribution in [2.24, 2.45) is 0 Å². The van der Waals surface area contributed by atoms with Crippen LogP contribution in [0.1, 0.15) is 21.7 Å². The van der Waals surface area contributed by atoms with E-state index in [2.05, 4.69) is 5.16 Å². The molecule has 0 bridgehead atoms. The van der Waals surface area contributed by atoms with Crippen LogP contribution in [0.25, 0.3) is 0 Å². The monoisotopic (exact) mass is 250 g/mol. The first-order valence-electron chi connectivity index (χ1n) is 4.90. The smallest absolute Gasteiger partial charge is 0.283 e. The van der Waals surface area contributed by atoms with Gasteiger partial charge in [-0.05, 0) is 19.1 Å². The average molecular weight is 250 g/mol. The second-order valence-electron chi connectivity index (χ2n) is 3.54. The molecule has 0 atom stereocenters. The van der Waals surface area contributed by atoms with Crippen LogP contribution in [0.15, 0.2) is 28.9 Å². The minimum Gasteiger partial charge on any atom is -0.361 e. The van der Waals surface area contributed by atoms with Crippen LogP contribution in [0.2, 0.25) is 0 Å². The van der Waals surface area contributed by atoms with Gasteiger partial charge in [-0.25, -0.2) is 4.39 Å². The lowest BCUT2D eigenvalue weighted by Gasteiger charge is -2.00. The van der Waals surface area contributed by atoms with Crippen molar-refractivity contribution in [3.63, 3.8) is 0 Å². The number of nitro groups is 1. The van der Waals surface area contributed by atoms with Gasteiger partial charge in [0.25, 0.3) is 5.69 Å². The number of carbonyl (C=O) groups excluding carboxylic acids is 1. The maximum Gasteiger partial charge on any atom is 0.283 e. The zero-order valence-electron chi connectivity index (χ0n) is 9.21. The molecule has 0 N–H and O–H groups in total. The van der Waals surface area contributed by atoms with E-state index in [1.165, 1.54) is 13.1 Å². The Balaban J connectivity index is 2.55. The summed E-state index contributed by atoms with van der Waals surface area (Å²) in [7, 11) is 0. The van der Waals surface area contributed by atoms with Gasteiger partial charge in [-0.2, -0.15) is 0 Å². The summed E-state index contributed by atoms with van der Waals surface area (Å²) in [6.45, 7) is 1.51. The molecule has 1 aromatic carbocycles. The summed E-state index contributed by atoms with van der Waals surface area (Å²) in [4.78, 5) is 22.0. The van der Waals surface area contributed by atoms with Crippen LogP contribution in [0.5, 0.6) is 0 Å². The van der Waals surface area contributed by atoms with Gasteiger partial charge in [-0.3, -0.25) is 14.9 Å². The number of aromatic nitrogens is 1. The van der Waals surface area contributed by atoms with Crippen LogP contribution in [-0.4, -0.2) is 15.9 Å². The Morgan fingerprint density at radius 3 is 2.72 bits per heavy atom. The molecule has 0 fully saturated rings. The molecule has 0 spiro atoms. The molecule has 18 heavy (non-hydrogen) atoms. The van der Waals surface area contributed by atoms with Crippen molar-refractivity contribution in [3.8, 4) is 0 Å². The number of nitro benzene ring substituents is 1. The maximum absolute atomic E-state index is 12.9. The molecule has 2 aromatic rings. The number of ketones is 1. The molecule has 0 saturated heterocycles. The van der Waals surface area contributed by atoms with Crippen LogP contribution in [0.4, 0.5) is 10.1 Å². The van der Waals surface area contributed by atoms with Gasteiger partial charge >= 0.3 is 0 Å². The minimum absolute atomic E-state index is 0.115. The molecule has 6 nitrogen and oxygen atoms in total. The van der Waals surface area contributed by atoms with Crippen molar-refractivity contribution in [1.29, 1.82) is 0 Å². The molecule has 0 radical (unpaired) electrons. The molecule has 2 rings (SSSR count). The lowest BCUT2D eigenvalue weighted by molar-refractivity contribution is -0.385. The Morgan fingerprint density at radius 2 is 2.17 bits per heavy atom. The number of rotatable bonds is 3. The van der Waals surface area contributed by atoms with Crippen molar-refractivity contribution in [3.05, 3.63) is 57.2 Å².